The minimum absolute atomic E-state index is 0.150. The summed E-state index contributed by atoms with van der Waals surface area (Å²) in [4.78, 5) is 0. The van der Waals surface area contributed by atoms with E-state index in [-0.39, 0.29) is 5.92 Å². The molecule has 0 aromatic carbocycles. The van der Waals surface area contributed by atoms with Gasteiger partial charge < -0.3 is 0 Å². The first kappa shape index (κ1) is 9.23. The fourth-order valence-corrected chi connectivity index (χ4v) is 0.854. The van der Waals surface area contributed by atoms with Crippen LogP contribution in [0.15, 0.2) is 12.2 Å². The Bertz CT molecular complexity index is 153. The van der Waals surface area contributed by atoms with Crippen molar-refractivity contribution in [2.45, 2.75) is 27.2 Å². The molecule has 0 bridgehead atoms. The van der Waals surface area contributed by atoms with Gasteiger partial charge in [0, 0.05) is 5.92 Å². The van der Waals surface area contributed by atoms with Crippen LogP contribution in [-0.4, -0.2) is 0 Å². The monoisotopic (exact) mass is 137 g/mol. The lowest BCUT2D eigenvalue weighted by Gasteiger charge is -2.11. The molecule has 0 saturated heterocycles. The Kier molecular flexibility index (Phi) is 3.79. The molecule has 0 aromatic rings. The van der Waals surface area contributed by atoms with Gasteiger partial charge in [-0.05, 0) is 26.2 Å². The molecule has 0 heterocycles. The molecule has 0 aromatic heterocycles. The third-order valence-corrected chi connectivity index (χ3v) is 1.73. The van der Waals surface area contributed by atoms with Crippen LogP contribution in [0.4, 0.5) is 0 Å². The summed E-state index contributed by atoms with van der Waals surface area (Å²) >= 11 is 0. The van der Waals surface area contributed by atoms with E-state index in [2.05, 4.69) is 19.6 Å². The number of hydrogen-bond acceptors (Lipinski definition) is 1. The van der Waals surface area contributed by atoms with Crippen LogP contribution < -0.4 is 0 Å². The van der Waals surface area contributed by atoms with E-state index in [0.717, 1.165) is 12.0 Å². The summed E-state index contributed by atoms with van der Waals surface area (Å²) < 4.78 is 0. The molecule has 0 rings (SSSR count). The fraction of sp³-hybridized carbons (Fsp3) is 0.667. The van der Waals surface area contributed by atoms with Gasteiger partial charge in [-0.15, -0.1) is 6.58 Å². The summed E-state index contributed by atoms with van der Waals surface area (Å²) in [7, 11) is 0. The normalized spacial score (nSPS) is 15.4. The van der Waals surface area contributed by atoms with Gasteiger partial charge in [-0.3, -0.25) is 0 Å². The maximum Gasteiger partial charge on any atom is 0.0655 e. The lowest BCUT2D eigenvalue weighted by atomic mass is 9.92. The number of hydrogen-bond donors (Lipinski definition) is 0. The molecule has 1 heteroatoms. The van der Waals surface area contributed by atoms with Gasteiger partial charge in [0.05, 0.1) is 6.07 Å². The molecule has 2 unspecified atom stereocenters. The van der Waals surface area contributed by atoms with Crippen molar-refractivity contribution in [3.05, 3.63) is 12.2 Å². The Hall–Kier alpha value is -0.770. The number of rotatable bonds is 3. The molecule has 0 aliphatic heterocycles. The molecule has 0 aliphatic carbocycles. The van der Waals surface area contributed by atoms with Crippen LogP contribution in [0.2, 0.25) is 0 Å². The van der Waals surface area contributed by atoms with E-state index in [1.807, 2.05) is 13.8 Å². The lowest BCUT2D eigenvalue weighted by Crippen LogP contribution is -2.05. The van der Waals surface area contributed by atoms with Gasteiger partial charge in [0.15, 0.2) is 0 Å². The molecular formula is C9H15N. The van der Waals surface area contributed by atoms with Gasteiger partial charge in [-0.25, -0.2) is 0 Å². The first-order chi connectivity index (χ1) is 4.57. The molecule has 0 amide bonds. The maximum absolute atomic E-state index is 8.54. The SMILES string of the molecule is C=C(C)CC(C)C(C)C#N. The quantitative estimate of drug-likeness (QED) is 0.549. The van der Waals surface area contributed by atoms with E-state index < -0.39 is 0 Å². The van der Waals surface area contributed by atoms with Crippen molar-refractivity contribution in [1.29, 1.82) is 5.26 Å². The highest BCUT2D eigenvalue weighted by Crippen LogP contribution is 2.17. The third-order valence-electron chi connectivity index (χ3n) is 1.73. The van der Waals surface area contributed by atoms with Crippen molar-refractivity contribution >= 4 is 0 Å². The highest BCUT2D eigenvalue weighted by atomic mass is 14.3. The zero-order chi connectivity index (χ0) is 8.15. The first-order valence-electron chi connectivity index (χ1n) is 3.62. The minimum atomic E-state index is 0.150. The first-order valence-corrected chi connectivity index (χ1v) is 3.62. The van der Waals surface area contributed by atoms with Crippen LogP contribution in [-0.2, 0) is 0 Å². The Balaban J connectivity index is 3.75. The Morgan fingerprint density at radius 3 is 2.40 bits per heavy atom. The van der Waals surface area contributed by atoms with E-state index in [4.69, 9.17) is 5.26 Å². The van der Waals surface area contributed by atoms with E-state index in [1.54, 1.807) is 0 Å². The van der Waals surface area contributed by atoms with Crippen molar-refractivity contribution in [1.82, 2.24) is 0 Å². The topological polar surface area (TPSA) is 23.8 Å². The number of allylic oxidation sites excluding steroid dienone is 1. The van der Waals surface area contributed by atoms with Crippen LogP contribution in [0.3, 0.4) is 0 Å². The Morgan fingerprint density at radius 2 is 2.10 bits per heavy atom. The predicted octanol–water partition coefficient (Wildman–Crippen LogP) is 2.75. The minimum Gasteiger partial charge on any atom is -0.198 e. The van der Waals surface area contributed by atoms with E-state index in [9.17, 15) is 0 Å². The average Bonchev–Trinajstić information content (AvgIpc) is 1.85. The van der Waals surface area contributed by atoms with Gasteiger partial charge >= 0.3 is 0 Å². The summed E-state index contributed by atoms with van der Waals surface area (Å²) in [5, 5.41) is 8.54. The molecule has 0 fully saturated rings. The van der Waals surface area contributed by atoms with E-state index in [1.165, 1.54) is 0 Å². The Labute approximate surface area is 63.4 Å². The van der Waals surface area contributed by atoms with Gasteiger partial charge in [-0.1, -0.05) is 12.5 Å². The van der Waals surface area contributed by atoms with Gasteiger partial charge in [0.2, 0.25) is 0 Å². The summed E-state index contributed by atoms with van der Waals surface area (Å²) in [6.07, 6.45) is 0.967. The summed E-state index contributed by atoms with van der Waals surface area (Å²) in [5.74, 6) is 0.596. The number of nitrogens with zero attached hydrogens (tertiary/aromatic N) is 1. The molecule has 0 N–H and O–H groups in total. The second-order valence-corrected chi connectivity index (χ2v) is 3.06. The van der Waals surface area contributed by atoms with Crippen molar-refractivity contribution < 1.29 is 0 Å². The summed E-state index contributed by atoms with van der Waals surface area (Å²) in [6.45, 7) is 9.84. The Morgan fingerprint density at radius 1 is 1.60 bits per heavy atom. The predicted molar refractivity (Wildman–Crippen MR) is 43.4 cm³/mol. The van der Waals surface area contributed by atoms with E-state index in [0.29, 0.717) is 5.92 Å². The van der Waals surface area contributed by atoms with Crippen LogP contribution >= 0.6 is 0 Å². The van der Waals surface area contributed by atoms with Gasteiger partial charge in [-0.2, -0.15) is 5.26 Å². The van der Waals surface area contributed by atoms with Crippen LogP contribution in [0.5, 0.6) is 0 Å². The highest BCUT2D eigenvalue weighted by molar-refractivity contribution is 4.94. The molecule has 1 nitrogen and oxygen atoms in total. The van der Waals surface area contributed by atoms with Crippen molar-refractivity contribution in [3.63, 3.8) is 0 Å². The molecular weight excluding hydrogens is 122 g/mol. The van der Waals surface area contributed by atoms with Gasteiger partial charge in [0.25, 0.3) is 0 Å². The molecule has 2 atom stereocenters. The van der Waals surface area contributed by atoms with E-state index >= 15 is 0 Å². The second kappa shape index (κ2) is 4.11. The highest BCUT2D eigenvalue weighted by Gasteiger charge is 2.10. The van der Waals surface area contributed by atoms with Crippen molar-refractivity contribution in [2.75, 3.05) is 0 Å². The zero-order valence-corrected chi connectivity index (χ0v) is 7.02. The largest absolute Gasteiger partial charge is 0.198 e. The molecule has 0 aliphatic rings. The lowest BCUT2D eigenvalue weighted by molar-refractivity contribution is 0.466. The zero-order valence-electron chi connectivity index (χ0n) is 7.02. The van der Waals surface area contributed by atoms with Gasteiger partial charge in [0.1, 0.15) is 0 Å². The molecule has 0 saturated carbocycles. The standard InChI is InChI=1S/C9H15N/c1-7(2)5-8(3)9(4)6-10/h8-9H,1,5H2,2-4H3. The molecule has 10 heavy (non-hydrogen) atoms. The second-order valence-electron chi connectivity index (χ2n) is 3.06. The van der Waals surface area contributed by atoms with Crippen molar-refractivity contribution in [2.24, 2.45) is 11.8 Å². The average molecular weight is 137 g/mol. The summed E-state index contributed by atoms with van der Waals surface area (Å²) in [6, 6.07) is 2.23. The van der Waals surface area contributed by atoms with Crippen molar-refractivity contribution in [3.8, 4) is 6.07 Å². The number of nitriles is 1. The molecule has 0 radical (unpaired) electrons. The molecule has 56 valence electrons. The third kappa shape index (κ3) is 3.29. The maximum atomic E-state index is 8.54. The molecule has 0 spiro atoms. The fourth-order valence-electron chi connectivity index (χ4n) is 0.854. The smallest absolute Gasteiger partial charge is 0.0655 e. The van der Waals surface area contributed by atoms with Crippen LogP contribution in [0.1, 0.15) is 27.2 Å². The van der Waals surface area contributed by atoms with Crippen LogP contribution in [0.25, 0.3) is 0 Å². The van der Waals surface area contributed by atoms with Crippen LogP contribution in [0, 0.1) is 23.2 Å². The summed E-state index contributed by atoms with van der Waals surface area (Å²) in [5.41, 5.74) is 1.16.